The average Bonchev–Trinajstić information content (AvgIpc) is 2.35. The Bertz CT molecular complexity index is 248. The van der Waals surface area contributed by atoms with E-state index in [0.29, 0.717) is 6.42 Å². The minimum absolute atomic E-state index is 0.251. The van der Waals surface area contributed by atoms with Gasteiger partial charge in [0.05, 0.1) is 13.2 Å². The van der Waals surface area contributed by atoms with Crippen LogP contribution in [-0.2, 0) is 19.1 Å². The Morgan fingerprint density at radius 2 is 1.44 bits per heavy atom. The zero-order valence-electron chi connectivity index (χ0n) is 11.5. The Morgan fingerprint density at radius 3 is 1.83 bits per heavy atom. The van der Waals surface area contributed by atoms with E-state index in [9.17, 15) is 9.59 Å². The fraction of sp³-hybridized carbons (Fsp3) is 0.846. The van der Waals surface area contributed by atoms with Crippen LogP contribution in [0.2, 0.25) is 0 Å². The summed E-state index contributed by atoms with van der Waals surface area (Å²) in [5.41, 5.74) is 0. The highest BCUT2D eigenvalue weighted by atomic mass is 79.9. The van der Waals surface area contributed by atoms with Crippen molar-refractivity contribution in [2.75, 3.05) is 13.2 Å². The molecule has 0 N–H and O–H groups in total. The summed E-state index contributed by atoms with van der Waals surface area (Å²) in [7, 11) is 0. The van der Waals surface area contributed by atoms with Gasteiger partial charge in [0.1, 0.15) is 0 Å². The number of halogens is 1. The molecule has 0 aromatic carbocycles. The van der Waals surface area contributed by atoms with E-state index in [2.05, 4.69) is 22.9 Å². The molecule has 0 heterocycles. The van der Waals surface area contributed by atoms with Crippen molar-refractivity contribution in [2.45, 2.75) is 57.2 Å². The van der Waals surface area contributed by atoms with Crippen molar-refractivity contribution in [3.05, 3.63) is 0 Å². The molecule has 0 aromatic heterocycles. The minimum atomic E-state index is -1.34. The van der Waals surface area contributed by atoms with Gasteiger partial charge in [-0.05, 0) is 20.3 Å². The fourth-order valence-electron chi connectivity index (χ4n) is 1.57. The molecular formula is C13H23BrO4. The number of esters is 2. The van der Waals surface area contributed by atoms with E-state index in [0.717, 1.165) is 25.7 Å². The number of hydrogen-bond donors (Lipinski definition) is 0. The van der Waals surface area contributed by atoms with Crippen LogP contribution in [0.25, 0.3) is 0 Å². The lowest BCUT2D eigenvalue weighted by atomic mass is 10.0. The molecule has 106 valence electrons. The van der Waals surface area contributed by atoms with Crippen molar-refractivity contribution in [2.24, 2.45) is 0 Å². The summed E-state index contributed by atoms with van der Waals surface area (Å²) in [5, 5.41) is 0. The van der Waals surface area contributed by atoms with Gasteiger partial charge in [0.15, 0.2) is 0 Å². The molecule has 4 nitrogen and oxygen atoms in total. The highest BCUT2D eigenvalue weighted by Gasteiger charge is 2.45. The van der Waals surface area contributed by atoms with Crippen molar-refractivity contribution < 1.29 is 19.1 Å². The monoisotopic (exact) mass is 322 g/mol. The molecule has 0 bridgehead atoms. The molecule has 0 rings (SSSR count). The maximum absolute atomic E-state index is 11.9. The van der Waals surface area contributed by atoms with Crippen LogP contribution in [0.15, 0.2) is 0 Å². The number of unbranched alkanes of at least 4 members (excludes halogenated alkanes) is 3. The van der Waals surface area contributed by atoms with Gasteiger partial charge >= 0.3 is 11.9 Å². The third-order valence-corrected chi connectivity index (χ3v) is 3.62. The molecule has 0 aliphatic carbocycles. The normalized spacial score (nSPS) is 11.1. The highest BCUT2D eigenvalue weighted by Crippen LogP contribution is 2.29. The van der Waals surface area contributed by atoms with Gasteiger partial charge in [-0.15, -0.1) is 0 Å². The second kappa shape index (κ2) is 9.36. The van der Waals surface area contributed by atoms with E-state index in [1.807, 2.05) is 0 Å². The molecule has 18 heavy (non-hydrogen) atoms. The number of rotatable bonds is 9. The third kappa shape index (κ3) is 5.38. The molecule has 0 saturated heterocycles. The molecular weight excluding hydrogens is 300 g/mol. The predicted molar refractivity (Wildman–Crippen MR) is 73.7 cm³/mol. The maximum Gasteiger partial charge on any atom is 0.334 e. The van der Waals surface area contributed by atoms with Crippen LogP contribution in [-0.4, -0.2) is 29.5 Å². The minimum Gasteiger partial charge on any atom is -0.465 e. The predicted octanol–water partition coefficient (Wildman–Crippen LogP) is 3.22. The summed E-state index contributed by atoms with van der Waals surface area (Å²) in [6.45, 7) is 6.04. The van der Waals surface area contributed by atoms with E-state index >= 15 is 0 Å². The summed E-state index contributed by atoms with van der Waals surface area (Å²) in [5.74, 6) is -1.11. The summed E-state index contributed by atoms with van der Waals surface area (Å²) >= 11 is 3.22. The zero-order valence-corrected chi connectivity index (χ0v) is 13.0. The van der Waals surface area contributed by atoms with E-state index < -0.39 is 16.3 Å². The van der Waals surface area contributed by atoms with Crippen molar-refractivity contribution in [3.63, 3.8) is 0 Å². The fourth-order valence-corrected chi connectivity index (χ4v) is 2.08. The van der Waals surface area contributed by atoms with Crippen LogP contribution >= 0.6 is 15.9 Å². The van der Waals surface area contributed by atoms with Gasteiger partial charge in [-0.1, -0.05) is 48.5 Å². The molecule has 0 aromatic rings. The van der Waals surface area contributed by atoms with Gasteiger partial charge in [0.2, 0.25) is 4.32 Å². The van der Waals surface area contributed by atoms with Crippen LogP contribution in [0.3, 0.4) is 0 Å². The molecule has 0 atom stereocenters. The Hall–Kier alpha value is -0.580. The Balaban J connectivity index is 4.58. The van der Waals surface area contributed by atoms with Gasteiger partial charge in [-0.2, -0.15) is 0 Å². The summed E-state index contributed by atoms with van der Waals surface area (Å²) in [6, 6.07) is 0. The Kier molecular flexibility index (Phi) is 9.06. The number of alkyl halides is 1. The first-order chi connectivity index (χ1) is 8.52. The maximum atomic E-state index is 11.9. The number of ether oxygens (including phenoxy) is 2. The quantitative estimate of drug-likeness (QED) is 0.283. The Labute approximate surface area is 118 Å². The lowest BCUT2D eigenvalue weighted by Crippen LogP contribution is -2.43. The highest BCUT2D eigenvalue weighted by molar-refractivity contribution is 9.10. The number of hydrogen-bond acceptors (Lipinski definition) is 4. The van der Waals surface area contributed by atoms with Crippen LogP contribution in [0.4, 0.5) is 0 Å². The third-order valence-electron chi connectivity index (χ3n) is 2.57. The molecule has 0 spiro atoms. The molecule has 0 aliphatic rings. The SMILES string of the molecule is CCCCCCC(Br)(C(=O)OCC)C(=O)OCC. The smallest absolute Gasteiger partial charge is 0.334 e. The van der Waals surface area contributed by atoms with Gasteiger partial charge in [-0.25, -0.2) is 9.59 Å². The molecule has 0 aliphatic heterocycles. The first-order valence-electron chi connectivity index (χ1n) is 6.56. The van der Waals surface area contributed by atoms with Gasteiger partial charge < -0.3 is 9.47 Å². The molecule has 0 saturated carbocycles. The van der Waals surface area contributed by atoms with E-state index in [-0.39, 0.29) is 13.2 Å². The van der Waals surface area contributed by atoms with Crippen molar-refractivity contribution >= 4 is 27.9 Å². The van der Waals surface area contributed by atoms with Gasteiger partial charge in [0, 0.05) is 0 Å². The second-order valence-electron chi connectivity index (χ2n) is 4.05. The Morgan fingerprint density at radius 1 is 0.944 bits per heavy atom. The topological polar surface area (TPSA) is 52.6 Å². The average molecular weight is 323 g/mol. The van der Waals surface area contributed by atoms with Crippen LogP contribution in [0.5, 0.6) is 0 Å². The first kappa shape index (κ1) is 17.4. The van der Waals surface area contributed by atoms with Gasteiger partial charge in [-0.3, -0.25) is 0 Å². The summed E-state index contributed by atoms with van der Waals surface area (Å²) in [4.78, 5) is 23.8. The second-order valence-corrected chi connectivity index (χ2v) is 5.41. The molecule has 0 amide bonds. The van der Waals surface area contributed by atoms with E-state index in [1.165, 1.54) is 0 Å². The van der Waals surface area contributed by atoms with Crippen LogP contribution < -0.4 is 0 Å². The molecule has 0 fully saturated rings. The van der Waals surface area contributed by atoms with Crippen LogP contribution in [0.1, 0.15) is 52.9 Å². The first-order valence-corrected chi connectivity index (χ1v) is 7.35. The van der Waals surface area contributed by atoms with E-state index in [4.69, 9.17) is 9.47 Å². The molecule has 5 heteroatoms. The summed E-state index contributed by atoms with van der Waals surface area (Å²) in [6.07, 6.45) is 4.38. The van der Waals surface area contributed by atoms with Crippen molar-refractivity contribution in [1.29, 1.82) is 0 Å². The zero-order chi connectivity index (χ0) is 14.0. The van der Waals surface area contributed by atoms with Crippen molar-refractivity contribution in [3.8, 4) is 0 Å². The summed E-state index contributed by atoms with van der Waals surface area (Å²) < 4.78 is 8.55. The number of carbonyl (C=O) groups is 2. The molecule has 0 radical (unpaired) electrons. The lowest BCUT2D eigenvalue weighted by molar-refractivity contribution is -0.158. The van der Waals surface area contributed by atoms with Crippen LogP contribution in [0, 0.1) is 0 Å². The standard InChI is InChI=1S/C13H23BrO4/c1-4-7-8-9-10-13(14,11(15)17-5-2)12(16)18-6-3/h4-10H2,1-3H3. The van der Waals surface area contributed by atoms with Crippen molar-refractivity contribution in [1.82, 2.24) is 0 Å². The largest absolute Gasteiger partial charge is 0.465 e. The lowest BCUT2D eigenvalue weighted by Gasteiger charge is -2.23. The van der Waals surface area contributed by atoms with Gasteiger partial charge in [0.25, 0.3) is 0 Å². The molecule has 0 unspecified atom stereocenters. The number of carbonyl (C=O) groups excluding carboxylic acids is 2. The van der Waals surface area contributed by atoms with E-state index in [1.54, 1.807) is 13.8 Å².